The monoisotopic (exact) mass is 411 g/mol. The quantitative estimate of drug-likeness (QED) is 0.744. The molecule has 2 fully saturated rings. The van der Waals surface area contributed by atoms with Gasteiger partial charge in [0.15, 0.2) is 5.76 Å². The van der Waals surface area contributed by atoms with Crippen LogP contribution in [-0.2, 0) is 14.8 Å². The average molecular weight is 412 g/mol. The summed E-state index contributed by atoms with van der Waals surface area (Å²) in [6, 6.07) is 0.244. The molecule has 1 N–H and O–H groups in total. The molecule has 1 saturated heterocycles. The van der Waals surface area contributed by atoms with Crippen LogP contribution in [0.15, 0.2) is 9.42 Å². The first kappa shape index (κ1) is 21.3. The predicted molar refractivity (Wildman–Crippen MR) is 106 cm³/mol. The summed E-state index contributed by atoms with van der Waals surface area (Å²) in [6.45, 7) is 6.09. The van der Waals surface area contributed by atoms with Crippen LogP contribution < -0.4 is 5.32 Å². The molecule has 2 heterocycles. The van der Waals surface area contributed by atoms with Crippen molar-refractivity contribution < 1.29 is 17.7 Å². The van der Waals surface area contributed by atoms with Gasteiger partial charge in [-0.05, 0) is 51.9 Å². The van der Waals surface area contributed by atoms with Crippen LogP contribution in [0.5, 0.6) is 0 Å². The summed E-state index contributed by atoms with van der Waals surface area (Å²) in [6.07, 6.45) is 8.33. The van der Waals surface area contributed by atoms with Crippen molar-refractivity contribution in [1.82, 2.24) is 14.8 Å². The fourth-order valence-corrected chi connectivity index (χ4v) is 6.50. The number of sulfonamides is 1. The van der Waals surface area contributed by atoms with Crippen molar-refractivity contribution in [2.45, 2.75) is 83.1 Å². The summed E-state index contributed by atoms with van der Waals surface area (Å²) >= 11 is 0. The molecular formula is C20H33N3O4S. The van der Waals surface area contributed by atoms with Crippen LogP contribution in [-0.4, -0.2) is 42.9 Å². The number of nitrogens with zero attached hydrogens (tertiary/aromatic N) is 2. The van der Waals surface area contributed by atoms with E-state index in [2.05, 4.69) is 17.4 Å². The molecule has 1 aliphatic heterocycles. The molecule has 3 rings (SSSR count). The third kappa shape index (κ3) is 4.43. The largest absolute Gasteiger partial charge is 0.360 e. The molecule has 1 saturated carbocycles. The summed E-state index contributed by atoms with van der Waals surface area (Å²) in [4.78, 5) is 13.0. The molecule has 0 aromatic carbocycles. The molecule has 3 unspecified atom stereocenters. The first-order valence-electron chi connectivity index (χ1n) is 10.6. The van der Waals surface area contributed by atoms with E-state index in [4.69, 9.17) is 4.52 Å². The molecule has 1 aromatic rings. The lowest BCUT2D eigenvalue weighted by atomic mass is 9.94. The zero-order valence-electron chi connectivity index (χ0n) is 17.2. The van der Waals surface area contributed by atoms with Gasteiger partial charge in [-0.1, -0.05) is 31.3 Å². The van der Waals surface area contributed by atoms with Crippen LogP contribution in [0, 0.1) is 25.7 Å². The van der Waals surface area contributed by atoms with Crippen LogP contribution >= 0.6 is 0 Å². The van der Waals surface area contributed by atoms with Crippen molar-refractivity contribution in [1.29, 1.82) is 0 Å². The Morgan fingerprint density at radius 3 is 2.71 bits per heavy atom. The Morgan fingerprint density at radius 1 is 1.25 bits per heavy atom. The molecule has 8 heteroatoms. The van der Waals surface area contributed by atoms with E-state index in [0.29, 0.717) is 30.3 Å². The predicted octanol–water partition coefficient (Wildman–Crippen LogP) is 3.17. The summed E-state index contributed by atoms with van der Waals surface area (Å²) in [5.41, 5.74) is 0.369. The molecule has 3 atom stereocenters. The molecule has 1 aliphatic carbocycles. The SMILES string of the molecule is CCCCC1CCCC1NC(=O)C1CCCN(S(=O)(=O)c2c(C)noc2C)C1. The van der Waals surface area contributed by atoms with Crippen molar-refractivity contribution in [3.8, 4) is 0 Å². The van der Waals surface area contributed by atoms with Crippen molar-refractivity contribution in [3.05, 3.63) is 11.5 Å². The van der Waals surface area contributed by atoms with Crippen molar-refractivity contribution >= 4 is 15.9 Å². The number of hydrogen-bond acceptors (Lipinski definition) is 5. The van der Waals surface area contributed by atoms with Crippen molar-refractivity contribution in [3.63, 3.8) is 0 Å². The highest BCUT2D eigenvalue weighted by molar-refractivity contribution is 7.89. The Labute approximate surface area is 168 Å². The highest BCUT2D eigenvalue weighted by Crippen LogP contribution is 2.31. The number of hydrogen-bond donors (Lipinski definition) is 1. The van der Waals surface area contributed by atoms with Gasteiger partial charge in [0.2, 0.25) is 15.9 Å². The molecule has 0 radical (unpaired) electrons. The van der Waals surface area contributed by atoms with Gasteiger partial charge in [0.05, 0.1) is 5.92 Å². The maximum Gasteiger partial charge on any atom is 0.248 e. The average Bonchev–Trinajstić information content (AvgIpc) is 3.26. The number of nitrogens with one attached hydrogen (secondary N) is 1. The molecule has 28 heavy (non-hydrogen) atoms. The van der Waals surface area contributed by atoms with Gasteiger partial charge in [-0.25, -0.2) is 8.42 Å². The number of carbonyl (C=O) groups is 1. The van der Waals surface area contributed by atoms with Crippen LogP contribution in [0.25, 0.3) is 0 Å². The van der Waals surface area contributed by atoms with Crippen molar-refractivity contribution in [2.75, 3.05) is 13.1 Å². The molecule has 1 amide bonds. The highest BCUT2D eigenvalue weighted by atomic mass is 32.2. The van der Waals surface area contributed by atoms with Gasteiger partial charge >= 0.3 is 0 Å². The zero-order chi connectivity index (χ0) is 20.3. The minimum absolute atomic E-state index is 0.00654. The third-order valence-electron chi connectivity index (χ3n) is 6.24. The molecule has 0 spiro atoms. The second kappa shape index (κ2) is 8.95. The second-order valence-electron chi connectivity index (χ2n) is 8.30. The van der Waals surface area contributed by atoms with Crippen LogP contribution in [0.3, 0.4) is 0 Å². The number of piperidine rings is 1. The third-order valence-corrected chi connectivity index (χ3v) is 8.35. The van der Waals surface area contributed by atoms with E-state index in [1.54, 1.807) is 13.8 Å². The summed E-state index contributed by atoms with van der Waals surface area (Å²) < 4.78 is 32.6. The lowest BCUT2D eigenvalue weighted by Crippen LogP contribution is -2.48. The maximum absolute atomic E-state index is 13.1. The molecule has 158 valence electrons. The summed E-state index contributed by atoms with van der Waals surface area (Å²) in [5, 5.41) is 7.02. The molecule has 2 aliphatic rings. The Balaban J connectivity index is 1.65. The second-order valence-corrected chi connectivity index (χ2v) is 10.2. The molecule has 1 aromatic heterocycles. The maximum atomic E-state index is 13.1. The Morgan fingerprint density at radius 2 is 2.04 bits per heavy atom. The Bertz CT molecular complexity index is 770. The molecular weight excluding hydrogens is 378 g/mol. The normalized spacial score (nSPS) is 26.5. The number of carbonyl (C=O) groups excluding carboxylic acids is 1. The number of amides is 1. The lowest BCUT2D eigenvalue weighted by molar-refractivity contribution is -0.127. The highest BCUT2D eigenvalue weighted by Gasteiger charge is 2.37. The van der Waals surface area contributed by atoms with Crippen molar-refractivity contribution in [2.24, 2.45) is 11.8 Å². The van der Waals surface area contributed by atoms with E-state index in [9.17, 15) is 13.2 Å². The van der Waals surface area contributed by atoms with Gasteiger partial charge in [-0.15, -0.1) is 0 Å². The fraction of sp³-hybridized carbons (Fsp3) is 0.800. The number of aryl methyl sites for hydroxylation is 2. The van der Waals surface area contributed by atoms with Gasteiger partial charge in [0, 0.05) is 19.1 Å². The van der Waals surface area contributed by atoms with Gasteiger partial charge in [-0.3, -0.25) is 4.79 Å². The smallest absolute Gasteiger partial charge is 0.248 e. The van der Waals surface area contributed by atoms with E-state index in [1.807, 2.05) is 0 Å². The first-order valence-corrected chi connectivity index (χ1v) is 12.0. The van der Waals surface area contributed by atoms with E-state index in [-0.39, 0.29) is 29.3 Å². The van der Waals surface area contributed by atoms with Gasteiger partial charge < -0.3 is 9.84 Å². The Kier molecular flexibility index (Phi) is 6.81. The van der Waals surface area contributed by atoms with Crippen LogP contribution in [0.4, 0.5) is 0 Å². The van der Waals surface area contributed by atoms with E-state index in [1.165, 1.54) is 30.0 Å². The number of rotatable bonds is 7. The summed E-state index contributed by atoms with van der Waals surface area (Å²) in [7, 11) is -3.70. The van der Waals surface area contributed by atoms with E-state index in [0.717, 1.165) is 19.3 Å². The standard InChI is InChI=1S/C20H33N3O4S/c1-4-5-8-16-9-6-11-18(16)21-20(24)17-10-7-12-23(13-17)28(25,26)19-14(2)22-27-15(19)3/h16-18H,4-13H2,1-3H3,(H,21,24). The van der Waals surface area contributed by atoms with Gasteiger partial charge in [0.25, 0.3) is 0 Å². The lowest BCUT2D eigenvalue weighted by Gasteiger charge is -2.32. The minimum atomic E-state index is -3.70. The zero-order valence-corrected chi connectivity index (χ0v) is 18.1. The summed E-state index contributed by atoms with van der Waals surface area (Å²) in [5.74, 6) is 0.576. The number of unbranched alkanes of at least 4 members (excludes halogenated alkanes) is 1. The van der Waals surface area contributed by atoms with Crippen LogP contribution in [0.2, 0.25) is 0 Å². The molecule has 7 nitrogen and oxygen atoms in total. The first-order chi connectivity index (χ1) is 13.3. The van der Waals surface area contributed by atoms with Gasteiger partial charge in [-0.2, -0.15) is 4.31 Å². The molecule has 0 bridgehead atoms. The Hall–Kier alpha value is -1.41. The van der Waals surface area contributed by atoms with Crippen LogP contribution in [0.1, 0.15) is 69.7 Å². The minimum Gasteiger partial charge on any atom is -0.360 e. The number of aromatic nitrogens is 1. The topological polar surface area (TPSA) is 92.5 Å². The van der Waals surface area contributed by atoms with E-state index >= 15 is 0 Å². The fourth-order valence-electron chi connectivity index (χ4n) is 4.69. The van der Waals surface area contributed by atoms with E-state index < -0.39 is 10.0 Å². The van der Waals surface area contributed by atoms with Gasteiger partial charge in [0.1, 0.15) is 10.6 Å².